The van der Waals surface area contributed by atoms with Crippen LogP contribution in [0.4, 0.5) is 0 Å². The van der Waals surface area contributed by atoms with E-state index in [1.807, 2.05) is 30.5 Å². The van der Waals surface area contributed by atoms with Gasteiger partial charge in [-0.15, -0.1) is 0 Å². The van der Waals surface area contributed by atoms with Gasteiger partial charge in [-0.25, -0.2) is 0 Å². The average molecular weight is 348 g/mol. The summed E-state index contributed by atoms with van der Waals surface area (Å²) in [5.74, 6) is 1.54. The molecule has 6 nitrogen and oxygen atoms in total. The van der Waals surface area contributed by atoms with Crippen LogP contribution < -0.4 is 19.7 Å². The third kappa shape index (κ3) is 3.97. The van der Waals surface area contributed by atoms with E-state index < -0.39 is 0 Å². The maximum Gasteiger partial charge on any atom is 0.307 e. The molecule has 1 N–H and O–H groups in total. The quantitative estimate of drug-likeness (QED) is 0.832. The Balaban J connectivity index is 1.37. The van der Waals surface area contributed by atoms with Crippen molar-refractivity contribution in [3.63, 3.8) is 0 Å². The number of fused-ring (bicyclic) bond motifs is 1. The second kappa shape index (κ2) is 7.53. The van der Waals surface area contributed by atoms with Crippen molar-refractivity contribution in [2.24, 2.45) is 0 Å². The SMILES string of the molecule is Cc1csc(=O)n1CCCC(=O)NCCc1ccc2c(c1)OCO2. The standard InChI is InChI=1S/C17H20N2O4S/c1-12-10-24-17(21)19(12)8-2-3-16(20)18-7-6-13-4-5-14-15(9-13)23-11-22-14/h4-5,9-10H,2-3,6-8,11H2,1H3,(H,18,20). The van der Waals surface area contributed by atoms with Gasteiger partial charge >= 0.3 is 4.87 Å². The zero-order valence-electron chi connectivity index (χ0n) is 13.5. The van der Waals surface area contributed by atoms with Gasteiger partial charge in [0.2, 0.25) is 12.7 Å². The minimum Gasteiger partial charge on any atom is -0.454 e. The molecule has 0 saturated heterocycles. The summed E-state index contributed by atoms with van der Waals surface area (Å²) in [4.78, 5) is 23.5. The molecule has 24 heavy (non-hydrogen) atoms. The maximum absolute atomic E-state index is 11.9. The molecule has 0 radical (unpaired) electrons. The number of benzene rings is 1. The fraction of sp³-hybridized carbons (Fsp3) is 0.412. The van der Waals surface area contributed by atoms with Gasteiger partial charge in [0.05, 0.1) is 0 Å². The average Bonchev–Trinajstić information content (AvgIpc) is 3.15. The zero-order valence-corrected chi connectivity index (χ0v) is 14.4. The number of hydrogen-bond acceptors (Lipinski definition) is 5. The summed E-state index contributed by atoms with van der Waals surface area (Å²) in [5, 5.41) is 4.75. The summed E-state index contributed by atoms with van der Waals surface area (Å²) >= 11 is 1.20. The molecule has 0 unspecified atom stereocenters. The smallest absolute Gasteiger partial charge is 0.307 e. The first kappa shape index (κ1) is 16.6. The lowest BCUT2D eigenvalue weighted by Gasteiger charge is -2.07. The van der Waals surface area contributed by atoms with E-state index in [1.54, 1.807) is 4.57 Å². The van der Waals surface area contributed by atoms with Crippen LogP contribution in [0, 0.1) is 6.92 Å². The van der Waals surface area contributed by atoms with Crippen LogP contribution in [0.1, 0.15) is 24.1 Å². The van der Waals surface area contributed by atoms with Gasteiger partial charge in [-0.1, -0.05) is 17.4 Å². The summed E-state index contributed by atoms with van der Waals surface area (Å²) in [6.07, 6.45) is 1.82. The van der Waals surface area contributed by atoms with Crippen molar-refractivity contribution >= 4 is 17.2 Å². The van der Waals surface area contributed by atoms with Gasteiger partial charge < -0.3 is 19.4 Å². The third-order valence-electron chi connectivity index (χ3n) is 3.93. The normalized spacial score (nSPS) is 12.4. The molecular formula is C17H20N2O4S. The third-order valence-corrected chi connectivity index (χ3v) is 4.82. The Bertz CT molecular complexity index is 781. The van der Waals surface area contributed by atoms with Crippen LogP contribution in [0.5, 0.6) is 11.5 Å². The summed E-state index contributed by atoms with van der Waals surface area (Å²) in [6, 6.07) is 5.81. The second-order valence-corrected chi connectivity index (χ2v) is 6.51. The van der Waals surface area contributed by atoms with Crippen molar-refractivity contribution in [2.75, 3.05) is 13.3 Å². The van der Waals surface area contributed by atoms with Crippen LogP contribution in [0.2, 0.25) is 0 Å². The van der Waals surface area contributed by atoms with Crippen molar-refractivity contribution in [1.29, 1.82) is 0 Å². The van der Waals surface area contributed by atoms with E-state index in [0.29, 0.717) is 25.9 Å². The van der Waals surface area contributed by atoms with Crippen LogP contribution in [0.3, 0.4) is 0 Å². The molecule has 0 aliphatic carbocycles. The molecule has 0 spiro atoms. The molecule has 1 aliphatic heterocycles. The fourth-order valence-electron chi connectivity index (χ4n) is 2.60. The molecule has 1 aliphatic rings. The van der Waals surface area contributed by atoms with Crippen molar-refractivity contribution in [2.45, 2.75) is 32.7 Å². The molecular weight excluding hydrogens is 328 g/mol. The molecule has 1 amide bonds. The minimum absolute atomic E-state index is 0.0108. The number of nitrogens with zero attached hydrogens (tertiary/aromatic N) is 1. The van der Waals surface area contributed by atoms with Crippen LogP contribution in [0.25, 0.3) is 0 Å². The van der Waals surface area contributed by atoms with Crippen molar-refractivity contribution in [1.82, 2.24) is 9.88 Å². The molecule has 1 aromatic heterocycles. The number of hydrogen-bond donors (Lipinski definition) is 1. The van der Waals surface area contributed by atoms with Crippen molar-refractivity contribution in [3.05, 3.63) is 44.5 Å². The number of aryl methyl sites for hydroxylation is 1. The molecule has 0 saturated carbocycles. The van der Waals surface area contributed by atoms with E-state index in [0.717, 1.165) is 29.2 Å². The Hall–Kier alpha value is -2.28. The number of nitrogens with one attached hydrogen (secondary N) is 1. The van der Waals surface area contributed by atoms with Gasteiger partial charge in [0.25, 0.3) is 0 Å². The molecule has 0 bridgehead atoms. The first-order valence-electron chi connectivity index (χ1n) is 7.93. The number of aromatic nitrogens is 1. The lowest BCUT2D eigenvalue weighted by Crippen LogP contribution is -2.26. The van der Waals surface area contributed by atoms with Crippen molar-refractivity contribution in [3.8, 4) is 11.5 Å². The Morgan fingerprint density at radius 3 is 2.96 bits per heavy atom. The van der Waals surface area contributed by atoms with E-state index in [4.69, 9.17) is 9.47 Å². The summed E-state index contributed by atoms with van der Waals surface area (Å²) < 4.78 is 12.3. The largest absolute Gasteiger partial charge is 0.454 e. The van der Waals surface area contributed by atoms with Crippen LogP contribution >= 0.6 is 11.3 Å². The topological polar surface area (TPSA) is 69.6 Å². The van der Waals surface area contributed by atoms with Crippen LogP contribution in [0.15, 0.2) is 28.4 Å². The molecule has 128 valence electrons. The van der Waals surface area contributed by atoms with Crippen LogP contribution in [-0.2, 0) is 17.8 Å². The highest BCUT2D eigenvalue weighted by atomic mass is 32.1. The van der Waals surface area contributed by atoms with E-state index >= 15 is 0 Å². The fourth-order valence-corrected chi connectivity index (χ4v) is 3.36. The number of ether oxygens (including phenoxy) is 2. The number of amides is 1. The Kier molecular flexibility index (Phi) is 5.20. The summed E-state index contributed by atoms with van der Waals surface area (Å²) in [7, 11) is 0. The van der Waals surface area contributed by atoms with Crippen LogP contribution in [-0.4, -0.2) is 23.8 Å². The molecule has 7 heteroatoms. The van der Waals surface area contributed by atoms with Gasteiger partial charge in [-0.3, -0.25) is 9.59 Å². The van der Waals surface area contributed by atoms with Gasteiger partial charge in [0.15, 0.2) is 11.5 Å². The Labute approximate surface area is 144 Å². The van der Waals surface area contributed by atoms with Gasteiger partial charge in [0, 0.05) is 30.6 Å². The number of carbonyl (C=O) groups is 1. The van der Waals surface area contributed by atoms with Gasteiger partial charge in [0.1, 0.15) is 0 Å². The molecule has 0 fully saturated rings. The Morgan fingerprint density at radius 2 is 2.17 bits per heavy atom. The highest BCUT2D eigenvalue weighted by Gasteiger charge is 2.13. The van der Waals surface area contributed by atoms with E-state index in [1.165, 1.54) is 11.3 Å². The van der Waals surface area contributed by atoms with Crippen molar-refractivity contribution < 1.29 is 14.3 Å². The zero-order chi connectivity index (χ0) is 16.9. The number of carbonyl (C=O) groups excluding carboxylic acids is 1. The lowest BCUT2D eigenvalue weighted by atomic mass is 10.1. The first-order valence-corrected chi connectivity index (χ1v) is 8.81. The van der Waals surface area contributed by atoms with E-state index in [2.05, 4.69) is 5.32 Å². The van der Waals surface area contributed by atoms with Gasteiger partial charge in [-0.05, 0) is 37.5 Å². The molecule has 2 heterocycles. The highest BCUT2D eigenvalue weighted by Crippen LogP contribution is 2.32. The lowest BCUT2D eigenvalue weighted by molar-refractivity contribution is -0.121. The summed E-state index contributed by atoms with van der Waals surface area (Å²) in [6.45, 7) is 3.34. The van der Waals surface area contributed by atoms with E-state index in [-0.39, 0.29) is 17.6 Å². The Morgan fingerprint density at radius 1 is 1.33 bits per heavy atom. The predicted molar refractivity (Wildman–Crippen MR) is 91.8 cm³/mol. The monoisotopic (exact) mass is 348 g/mol. The maximum atomic E-state index is 11.9. The highest BCUT2D eigenvalue weighted by molar-refractivity contribution is 7.07. The number of rotatable bonds is 7. The summed E-state index contributed by atoms with van der Waals surface area (Å²) in [5.41, 5.74) is 2.05. The minimum atomic E-state index is 0.0108. The molecule has 3 rings (SSSR count). The molecule has 0 atom stereocenters. The second-order valence-electron chi connectivity index (χ2n) is 5.69. The first-order chi connectivity index (χ1) is 11.6. The van der Waals surface area contributed by atoms with Gasteiger partial charge in [-0.2, -0.15) is 0 Å². The molecule has 2 aromatic rings. The molecule has 1 aromatic carbocycles. The number of thiazole rings is 1. The predicted octanol–water partition coefficient (Wildman–Crippen LogP) is 2.09. The van der Waals surface area contributed by atoms with E-state index in [9.17, 15) is 9.59 Å².